The highest BCUT2D eigenvalue weighted by Crippen LogP contribution is 2.34. The van der Waals surface area contributed by atoms with Crippen LogP contribution in [0.4, 0.5) is 0 Å². The van der Waals surface area contributed by atoms with Gasteiger partial charge in [0.05, 0.1) is 17.5 Å². The number of benzene rings is 3. The van der Waals surface area contributed by atoms with E-state index < -0.39 is 11.5 Å². The van der Waals surface area contributed by atoms with E-state index in [4.69, 9.17) is 19.3 Å². The van der Waals surface area contributed by atoms with E-state index in [-0.39, 0.29) is 34.3 Å². The standard InChI is InChI=1S/C27H20N2O5/c1-2-32-27(31)23-21(16-9-8-12-18(15-16)33-17-10-4-3-5-11-17)22-24(34-25(23)28)19-13-6-7-14-20(19)29-26(22)30/h3-15,28H,2H2,1H3,(H,29,30). The molecule has 0 saturated heterocycles. The van der Waals surface area contributed by atoms with Crippen molar-refractivity contribution in [2.45, 2.75) is 6.92 Å². The number of aromatic amines is 1. The third-order valence-electron chi connectivity index (χ3n) is 5.39. The Hall–Kier alpha value is -4.65. The van der Waals surface area contributed by atoms with Crippen molar-refractivity contribution in [3.8, 4) is 22.6 Å². The summed E-state index contributed by atoms with van der Waals surface area (Å²) in [4.78, 5) is 29.0. The number of hydrogen-bond donors (Lipinski definition) is 2. The van der Waals surface area contributed by atoms with Gasteiger partial charge < -0.3 is 18.9 Å². The molecule has 0 fully saturated rings. The molecule has 2 heterocycles. The van der Waals surface area contributed by atoms with Gasteiger partial charge in [-0.05, 0) is 48.9 Å². The number of H-pyrrole nitrogens is 1. The van der Waals surface area contributed by atoms with Gasteiger partial charge in [-0.15, -0.1) is 0 Å². The van der Waals surface area contributed by atoms with Crippen molar-refractivity contribution < 1.29 is 18.7 Å². The number of pyridine rings is 1. The maximum atomic E-state index is 13.2. The predicted molar refractivity (Wildman–Crippen MR) is 128 cm³/mol. The smallest absolute Gasteiger partial charge is 0.344 e. The van der Waals surface area contributed by atoms with Crippen LogP contribution < -0.4 is 15.9 Å². The Kier molecular flexibility index (Phi) is 5.43. The topological polar surface area (TPSA) is 105 Å². The molecule has 2 aromatic heterocycles. The number of aromatic nitrogens is 1. The van der Waals surface area contributed by atoms with Gasteiger partial charge in [-0.2, -0.15) is 0 Å². The van der Waals surface area contributed by atoms with Crippen molar-refractivity contribution in [2.75, 3.05) is 6.61 Å². The van der Waals surface area contributed by atoms with Gasteiger partial charge in [0.15, 0.2) is 5.58 Å². The lowest BCUT2D eigenvalue weighted by molar-refractivity contribution is 0.0522. The fourth-order valence-corrected chi connectivity index (χ4v) is 3.96. The lowest BCUT2D eigenvalue weighted by Crippen LogP contribution is -2.21. The Labute approximate surface area is 193 Å². The highest BCUT2D eigenvalue weighted by Gasteiger charge is 2.25. The minimum absolute atomic E-state index is 0.112. The minimum Gasteiger partial charge on any atom is -0.462 e. The molecule has 34 heavy (non-hydrogen) atoms. The van der Waals surface area contributed by atoms with Crippen LogP contribution in [0.25, 0.3) is 33.0 Å². The molecule has 0 bridgehead atoms. The normalized spacial score (nSPS) is 11.0. The van der Waals surface area contributed by atoms with Crippen LogP contribution in [0.5, 0.6) is 11.5 Å². The first-order chi connectivity index (χ1) is 16.6. The first kappa shape index (κ1) is 21.2. The summed E-state index contributed by atoms with van der Waals surface area (Å²) in [6, 6.07) is 23.4. The Morgan fingerprint density at radius 1 is 0.971 bits per heavy atom. The lowest BCUT2D eigenvalue weighted by atomic mass is 9.96. The Balaban J connectivity index is 1.83. The van der Waals surface area contributed by atoms with Gasteiger partial charge in [0, 0.05) is 10.9 Å². The molecule has 0 aliphatic rings. The molecule has 0 unspecified atom stereocenters. The van der Waals surface area contributed by atoms with Gasteiger partial charge in [0.1, 0.15) is 17.1 Å². The van der Waals surface area contributed by atoms with E-state index >= 15 is 0 Å². The SMILES string of the molecule is CCOC(=O)c1c(-c2cccc(Oc3ccccc3)c2)c2c(=O)[nH]c3ccccc3c2oc1=N. The predicted octanol–water partition coefficient (Wildman–Crippen LogP) is 5.39. The molecule has 3 aromatic carbocycles. The van der Waals surface area contributed by atoms with Crippen LogP contribution in [0.15, 0.2) is 88.1 Å². The Bertz CT molecular complexity index is 1650. The molecule has 5 rings (SSSR count). The van der Waals surface area contributed by atoms with Crippen molar-refractivity contribution in [3.05, 3.63) is 100 Å². The van der Waals surface area contributed by atoms with Crippen LogP contribution in [0, 0.1) is 5.41 Å². The number of para-hydroxylation sites is 2. The molecule has 0 atom stereocenters. The fraction of sp³-hybridized carbons (Fsp3) is 0.0741. The van der Waals surface area contributed by atoms with E-state index in [2.05, 4.69) is 4.98 Å². The number of fused-ring (bicyclic) bond motifs is 3. The molecule has 7 nitrogen and oxygen atoms in total. The van der Waals surface area contributed by atoms with E-state index in [1.54, 1.807) is 49.4 Å². The molecule has 0 saturated carbocycles. The van der Waals surface area contributed by atoms with Gasteiger partial charge in [-0.1, -0.05) is 42.5 Å². The van der Waals surface area contributed by atoms with E-state index in [9.17, 15) is 9.59 Å². The summed E-state index contributed by atoms with van der Waals surface area (Å²) < 4.78 is 16.9. The van der Waals surface area contributed by atoms with Crippen LogP contribution >= 0.6 is 0 Å². The van der Waals surface area contributed by atoms with E-state index in [1.165, 1.54) is 0 Å². The first-order valence-corrected chi connectivity index (χ1v) is 10.7. The van der Waals surface area contributed by atoms with Crippen molar-refractivity contribution in [1.82, 2.24) is 4.98 Å². The molecule has 0 amide bonds. The highest BCUT2D eigenvalue weighted by molar-refractivity contribution is 6.11. The van der Waals surface area contributed by atoms with Crippen LogP contribution in [0.3, 0.4) is 0 Å². The van der Waals surface area contributed by atoms with Gasteiger partial charge in [-0.3, -0.25) is 10.2 Å². The van der Waals surface area contributed by atoms with Crippen LogP contribution in [-0.2, 0) is 4.74 Å². The monoisotopic (exact) mass is 452 g/mol. The van der Waals surface area contributed by atoms with Crippen molar-refractivity contribution >= 4 is 27.8 Å². The van der Waals surface area contributed by atoms with Gasteiger partial charge in [0.25, 0.3) is 5.56 Å². The third-order valence-corrected chi connectivity index (χ3v) is 5.39. The average molecular weight is 452 g/mol. The molecular weight excluding hydrogens is 432 g/mol. The first-order valence-electron chi connectivity index (χ1n) is 10.7. The zero-order valence-electron chi connectivity index (χ0n) is 18.3. The van der Waals surface area contributed by atoms with Gasteiger partial charge >= 0.3 is 5.97 Å². The lowest BCUT2D eigenvalue weighted by Gasteiger charge is -2.14. The fourth-order valence-electron chi connectivity index (χ4n) is 3.96. The summed E-state index contributed by atoms with van der Waals surface area (Å²) in [5, 5.41) is 9.31. The van der Waals surface area contributed by atoms with Crippen LogP contribution in [0.1, 0.15) is 17.3 Å². The molecule has 0 aliphatic carbocycles. The largest absolute Gasteiger partial charge is 0.462 e. The molecule has 0 spiro atoms. The minimum atomic E-state index is -0.741. The molecule has 7 heteroatoms. The molecule has 0 radical (unpaired) electrons. The van der Waals surface area contributed by atoms with Crippen LogP contribution in [0.2, 0.25) is 0 Å². The Morgan fingerprint density at radius 3 is 2.50 bits per heavy atom. The molecule has 168 valence electrons. The number of carbonyl (C=O) groups is 1. The quantitative estimate of drug-likeness (QED) is 0.275. The second kappa shape index (κ2) is 8.71. The summed E-state index contributed by atoms with van der Waals surface area (Å²) >= 11 is 0. The zero-order valence-corrected chi connectivity index (χ0v) is 18.3. The van der Waals surface area contributed by atoms with E-state index in [0.29, 0.717) is 28.0 Å². The summed E-state index contributed by atoms with van der Waals surface area (Å²) in [5.41, 5.74) is 0.633. The van der Waals surface area contributed by atoms with Crippen LogP contribution in [-0.4, -0.2) is 17.6 Å². The second-order valence-electron chi connectivity index (χ2n) is 7.55. The maximum Gasteiger partial charge on any atom is 0.344 e. The number of esters is 1. The van der Waals surface area contributed by atoms with Crippen molar-refractivity contribution in [2.24, 2.45) is 0 Å². The molecule has 0 aliphatic heterocycles. The molecular formula is C27H20N2O5. The zero-order chi connectivity index (χ0) is 23.7. The highest BCUT2D eigenvalue weighted by atomic mass is 16.5. The van der Waals surface area contributed by atoms with Crippen molar-refractivity contribution in [1.29, 1.82) is 5.41 Å². The third kappa shape index (κ3) is 3.73. The number of nitrogens with one attached hydrogen (secondary N) is 2. The van der Waals surface area contributed by atoms with Gasteiger partial charge in [-0.25, -0.2) is 4.79 Å². The summed E-state index contributed by atoms with van der Waals surface area (Å²) in [6.45, 7) is 1.79. The number of hydrogen-bond acceptors (Lipinski definition) is 6. The average Bonchev–Trinajstić information content (AvgIpc) is 2.84. The maximum absolute atomic E-state index is 13.2. The van der Waals surface area contributed by atoms with Crippen molar-refractivity contribution in [3.63, 3.8) is 0 Å². The van der Waals surface area contributed by atoms with E-state index in [0.717, 1.165) is 0 Å². The van der Waals surface area contributed by atoms with Gasteiger partial charge in [0.2, 0.25) is 5.55 Å². The molecule has 5 aromatic rings. The summed E-state index contributed by atoms with van der Waals surface area (Å²) in [6.07, 6.45) is 0. The number of carbonyl (C=O) groups excluding carboxylic acids is 1. The summed E-state index contributed by atoms with van der Waals surface area (Å²) in [7, 11) is 0. The van der Waals surface area contributed by atoms with E-state index in [1.807, 2.05) is 36.4 Å². The summed E-state index contributed by atoms with van der Waals surface area (Å²) in [5.74, 6) is 0.412. The Morgan fingerprint density at radius 2 is 1.71 bits per heavy atom. The number of rotatable bonds is 5. The number of ether oxygens (including phenoxy) is 2. The second-order valence-corrected chi connectivity index (χ2v) is 7.55. The molecule has 2 N–H and O–H groups in total.